The zero-order chi connectivity index (χ0) is 11.9. The summed E-state index contributed by atoms with van der Waals surface area (Å²) in [5.74, 6) is 0.906. The van der Waals surface area contributed by atoms with Crippen molar-refractivity contribution in [2.24, 2.45) is 5.73 Å². The Hall–Kier alpha value is -1.10. The van der Waals surface area contributed by atoms with Gasteiger partial charge in [0.05, 0.1) is 13.2 Å². The Morgan fingerprint density at radius 1 is 1.24 bits per heavy atom. The molecule has 1 aromatic carbocycles. The fourth-order valence-electron chi connectivity index (χ4n) is 1.92. The van der Waals surface area contributed by atoms with Crippen LogP contribution in [0.3, 0.4) is 0 Å². The number of benzene rings is 1. The van der Waals surface area contributed by atoms with Crippen LogP contribution < -0.4 is 10.5 Å². The summed E-state index contributed by atoms with van der Waals surface area (Å²) in [5.41, 5.74) is 6.72. The summed E-state index contributed by atoms with van der Waals surface area (Å²) >= 11 is 0. The van der Waals surface area contributed by atoms with Crippen LogP contribution in [-0.4, -0.2) is 44.4 Å². The molecule has 4 nitrogen and oxygen atoms in total. The third kappa shape index (κ3) is 3.70. The van der Waals surface area contributed by atoms with Crippen LogP contribution in [0.4, 0.5) is 0 Å². The largest absolute Gasteiger partial charge is 0.492 e. The second-order valence-electron chi connectivity index (χ2n) is 4.11. The number of ether oxygens (including phenoxy) is 2. The molecule has 94 valence electrons. The maximum Gasteiger partial charge on any atom is 0.123 e. The molecule has 0 aliphatic carbocycles. The Bertz CT molecular complexity index is 338. The van der Waals surface area contributed by atoms with Crippen molar-refractivity contribution in [3.63, 3.8) is 0 Å². The van der Waals surface area contributed by atoms with Gasteiger partial charge in [-0.1, -0.05) is 18.2 Å². The van der Waals surface area contributed by atoms with Gasteiger partial charge < -0.3 is 15.2 Å². The summed E-state index contributed by atoms with van der Waals surface area (Å²) in [4.78, 5) is 2.36. The van der Waals surface area contributed by atoms with Gasteiger partial charge in [0, 0.05) is 31.7 Å². The van der Waals surface area contributed by atoms with E-state index in [1.807, 2.05) is 24.3 Å². The van der Waals surface area contributed by atoms with Crippen molar-refractivity contribution < 1.29 is 9.47 Å². The van der Waals surface area contributed by atoms with Crippen molar-refractivity contribution >= 4 is 0 Å². The SMILES string of the molecule is NCc1ccccc1OCCN1CCOCC1. The van der Waals surface area contributed by atoms with Gasteiger partial charge in [0.25, 0.3) is 0 Å². The smallest absolute Gasteiger partial charge is 0.123 e. The molecule has 0 aromatic heterocycles. The highest BCUT2D eigenvalue weighted by molar-refractivity contribution is 5.32. The molecule has 1 fully saturated rings. The van der Waals surface area contributed by atoms with Crippen LogP contribution >= 0.6 is 0 Å². The monoisotopic (exact) mass is 236 g/mol. The first-order valence-corrected chi connectivity index (χ1v) is 6.11. The van der Waals surface area contributed by atoms with E-state index in [2.05, 4.69) is 4.90 Å². The molecule has 2 rings (SSSR count). The molecule has 0 spiro atoms. The lowest BCUT2D eigenvalue weighted by Gasteiger charge is -2.26. The number of hydrogen-bond acceptors (Lipinski definition) is 4. The van der Waals surface area contributed by atoms with E-state index in [9.17, 15) is 0 Å². The Balaban J connectivity index is 1.77. The predicted molar refractivity (Wildman–Crippen MR) is 67.1 cm³/mol. The zero-order valence-corrected chi connectivity index (χ0v) is 10.1. The van der Waals surface area contributed by atoms with E-state index in [1.54, 1.807) is 0 Å². The molecule has 1 aliphatic heterocycles. The van der Waals surface area contributed by atoms with Gasteiger partial charge in [-0.15, -0.1) is 0 Å². The van der Waals surface area contributed by atoms with Crippen molar-refractivity contribution in [1.82, 2.24) is 4.90 Å². The van der Waals surface area contributed by atoms with Crippen molar-refractivity contribution in [2.45, 2.75) is 6.54 Å². The number of para-hydroxylation sites is 1. The Kier molecular flexibility index (Phi) is 4.79. The van der Waals surface area contributed by atoms with E-state index in [0.29, 0.717) is 13.2 Å². The number of morpholine rings is 1. The minimum atomic E-state index is 0.522. The number of nitrogens with zero attached hydrogens (tertiary/aromatic N) is 1. The molecule has 1 aromatic rings. The van der Waals surface area contributed by atoms with Crippen LogP contribution in [0, 0.1) is 0 Å². The summed E-state index contributed by atoms with van der Waals surface area (Å²) < 4.78 is 11.1. The molecular formula is C13H20N2O2. The first kappa shape index (κ1) is 12.4. The van der Waals surface area contributed by atoms with Gasteiger partial charge in [0.1, 0.15) is 12.4 Å². The summed E-state index contributed by atoms with van der Waals surface area (Å²) in [6.45, 7) is 5.84. The average molecular weight is 236 g/mol. The molecule has 0 saturated carbocycles. The molecule has 1 aliphatic rings. The van der Waals surface area contributed by atoms with E-state index < -0.39 is 0 Å². The lowest BCUT2D eigenvalue weighted by Crippen LogP contribution is -2.38. The molecule has 0 atom stereocenters. The molecule has 0 amide bonds. The molecule has 0 radical (unpaired) electrons. The summed E-state index contributed by atoms with van der Waals surface area (Å²) in [7, 11) is 0. The fraction of sp³-hybridized carbons (Fsp3) is 0.538. The van der Waals surface area contributed by atoms with E-state index >= 15 is 0 Å². The Morgan fingerprint density at radius 2 is 2.00 bits per heavy atom. The van der Waals surface area contributed by atoms with Crippen LogP contribution in [0.15, 0.2) is 24.3 Å². The van der Waals surface area contributed by atoms with Crippen molar-refractivity contribution in [1.29, 1.82) is 0 Å². The molecule has 0 unspecified atom stereocenters. The second kappa shape index (κ2) is 6.59. The molecule has 1 saturated heterocycles. The number of rotatable bonds is 5. The lowest BCUT2D eigenvalue weighted by atomic mass is 10.2. The van der Waals surface area contributed by atoms with E-state index in [4.69, 9.17) is 15.2 Å². The first-order valence-electron chi connectivity index (χ1n) is 6.11. The number of nitrogens with two attached hydrogens (primary N) is 1. The molecule has 1 heterocycles. The highest BCUT2D eigenvalue weighted by atomic mass is 16.5. The van der Waals surface area contributed by atoms with E-state index in [-0.39, 0.29) is 0 Å². The maximum atomic E-state index is 5.77. The quantitative estimate of drug-likeness (QED) is 0.823. The molecular weight excluding hydrogens is 216 g/mol. The molecule has 4 heteroatoms. The van der Waals surface area contributed by atoms with Crippen LogP contribution in [-0.2, 0) is 11.3 Å². The second-order valence-corrected chi connectivity index (χ2v) is 4.11. The Morgan fingerprint density at radius 3 is 2.76 bits per heavy atom. The maximum absolute atomic E-state index is 5.77. The first-order chi connectivity index (χ1) is 8.40. The lowest BCUT2D eigenvalue weighted by molar-refractivity contribution is 0.0322. The van der Waals surface area contributed by atoms with Gasteiger partial charge in [0.2, 0.25) is 0 Å². The topological polar surface area (TPSA) is 47.7 Å². The van der Waals surface area contributed by atoms with Crippen LogP contribution in [0.1, 0.15) is 5.56 Å². The zero-order valence-electron chi connectivity index (χ0n) is 10.1. The minimum absolute atomic E-state index is 0.522. The van der Waals surface area contributed by atoms with Gasteiger partial charge in [-0.05, 0) is 6.07 Å². The third-order valence-electron chi connectivity index (χ3n) is 2.96. The van der Waals surface area contributed by atoms with Crippen molar-refractivity contribution in [3.8, 4) is 5.75 Å². The van der Waals surface area contributed by atoms with E-state index in [1.165, 1.54) is 0 Å². The molecule has 2 N–H and O–H groups in total. The Labute approximate surface area is 102 Å². The summed E-state index contributed by atoms with van der Waals surface area (Å²) in [5, 5.41) is 0. The van der Waals surface area contributed by atoms with E-state index in [0.717, 1.165) is 44.2 Å². The van der Waals surface area contributed by atoms with Crippen LogP contribution in [0.5, 0.6) is 5.75 Å². The average Bonchev–Trinajstić information content (AvgIpc) is 2.40. The third-order valence-corrected chi connectivity index (χ3v) is 2.96. The highest BCUT2D eigenvalue weighted by Gasteiger charge is 2.10. The standard InChI is InChI=1S/C13H20N2O2/c14-11-12-3-1-2-4-13(12)17-10-7-15-5-8-16-9-6-15/h1-4H,5-11,14H2. The fourth-order valence-corrected chi connectivity index (χ4v) is 1.92. The minimum Gasteiger partial charge on any atom is -0.492 e. The van der Waals surface area contributed by atoms with Crippen LogP contribution in [0.25, 0.3) is 0 Å². The molecule has 0 bridgehead atoms. The van der Waals surface area contributed by atoms with Gasteiger partial charge in [-0.2, -0.15) is 0 Å². The van der Waals surface area contributed by atoms with Gasteiger partial charge >= 0.3 is 0 Å². The normalized spacial score (nSPS) is 17.0. The van der Waals surface area contributed by atoms with Crippen molar-refractivity contribution in [2.75, 3.05) is 39.5 Å². The summed E-state index contributed by atoms with van der Waals surface area (Å²) in [6.07, 6.45) is 0. The van der Waals surface area contributed by atoms with Gasteiger partial charge in [0.15, 0.2) is 0 Å². The highest BCUT2D eigenvalue weighted by Crippen LogP contribution is 2.16. The van der Waals surface area contributed by atoms with Gasteiger partial charge in [-0.25, -0.2) is 0 Å². The van der Waals surface area contributed by atoms with Gasteiger partial charge in [-0.3, -0.25) is 4.90 Å². The van der Waals surface area contributed by atoms with Crippen molar-refractivity contribution in [3.05, 3.63) is 29.8 Å². The predicted octanol–water partition coefficient (Wildman–Crippen LogP) is 0.856. The van der Waals surface area contributed by atoms with Crippen LogP contribution in [0.2, 0.25) is 0 Å². The summed E-state index contributed by atoms with van der Waals surface area (Å²) in [6, 6.07) is 7.94. The molecule has 17 heavy (non-hydrogen) atoms. The number of hydrogen-bond donors (Lipinski definition) is 1.